The van der Waals surface area contributed by atoms with Crippen LogP contribution in [0.1, 0.15) is 72.1 Å². The third kappa shape index (κ3) is 4.22. The SMILES string of the molecule is Cc1[nH]c(C(=O)N(CCC#N)[C@@H](C)C2CC2)c(C)c1C(=O)OC(C)C. The average molecular weight is 345 g/mol. The summed E-state index contributed by atoms with van der Waals surface area (Å²) in [6.07, 6.45) is 2.31. The first-order valence-corrected chi connectivity index (χ1v) is 8.86. The number of H-pyrrole nitrogens is 1. The molecule has 2 rings (SSSR count). The molecule has 1 aliphatic rings. The summed E-state index contributed by atoms with van der Waals surface area (Å²) in [4.78, 5) is 30.2. The Balaban J connectivity index is 2.30. The molecule has 0 saturated heterocycles. The number of rotatable bonds is 7. The predicted octanol–water partition coefficient (Wildman–Crippen LogP) is 3.35. The molecule has 6 heteroatoms. The van der Waals surface area contributed by atoms with Gasteiger partial charge in [-0.15, -0.1) is 0 Å². The maximum absolute atomic E-state index is 13.1. The summed E-state index contributed by atoms with van der Waals surface area (Å²) in [6, 6.07) is 2.20. The molecule has 1 heterocycles. The highest BCUT2D eigenvalue weighted by atomic mass is 16.5. The minimum absolute atomic E-state index is 0.0925. The van der Waals surface area contributed by atoms with E-state index in [0.29, 0.717) is 41.4 Å². The maximum Gasteiger partial charge on any atom is 0.340 e. The van der Waals surface area contributed by atoms with Crippen molar-refractivity contribution in [2.24, 2.45) is 5.92 Å². The standard InChI is InChI=1S/C19H27N3O3/c1-11(2)25-19(24)16-12(3)17(21-13(16)4)18(23)22(10-6-9-20)14(5)15-7-8-15/h11,14-15,21H,6-8,10H2,1-5H3/t14-/m0/s1. The highest BCUT2D eigenvalue weighted by Crippen LogP contribution is 2.36. The van der Waals surface area contributed by atoms with Crippen LogP contribution in [0.5, 0.6) is 0 Å². The first-order valence-electron chi connectivity index (χ1n) is 8.86. The minimum Gasteiger partial charge on any atom is -0.459 e. The Hall–Kier alpha value is -2.29. The van der Waals surface area contributed by atoms with Crippen LogP contribution in [0.15, 0.2) is 0 Å². The number of esters is 1. The fourth-order valence-electron chi connectivity index (χ4n) is 3.18. The second-order valence-electron chi connectivity index (χ2n) is 7.06. The van der Waals surface area contributed by atoms with Crippen molar-refractivity contribution in [1.29, 1.82) is 5.26 Å². The summed E-state index contributed by atoms with van der Waals surface area (Å²) < 4.78 is 5.29. The molecule has 0 spiro atoms. The van der Waals surface area contributed by atoms with Gasteiger partial charge in [0.15, 0.2) is 0 Å². The summed E-state index contributed by atoms with van der Waals surface area (Å²) in [5, 5.41) is 8.91. The zero-order valence-electron chi connectivity index (χ0n) is 15.7. The van der Waals surface area contributed by atoms with Crippen molar-refractivity contribution in [3.8, 4) is 6.07 Å². The number of ether oxygens (including phenoxy) is 1. The van der Waals surface area contributed by atoms with E-state index in [1.54, 1.807) is 32.6 Å². The number of nitrogens with one attached hydrogen (secondary N) is 1. The zero-order valence-corrected chi connectivity index (χ0v) is 15.7. The molecule has 6 nitrogen and oxygen atoms in total. The van der Waals surface area contributed by atoms with Crippen LogP contribution in [-0.2, 0) is 4.74 Å². The Morgan fingerprint density at radius 3 is 2.48 bits per heavy atom. The van der Waals surface area contributed by atoms with Crippen molar-refractivity contribution in [2.45, 2.75) is 66.0 Å². The molecular weight excluding hydrogens is 318 g/mol. The lowest BCUT2D eigenvalue weighted by Crippen LogP contribution is -2.41. The number of aromatic amines is 1. The Labute approximate surface area is 149 Å². The van der Waals surface area contributed by atoms with Crippen LogP contribution < -0.4 is 0 Å². The summed E-state index contributed by atoms with van der Waals surface area (Å²) in [5.74, 6) is -0.0673. The van der Waals surface area contributed by atoms with Crippen molar-refractivity contribution < 1.29 is 14.3 Å². The number of nitriles is 1. The van der Waals surface area contributed by atoms with Gasteiger partial charge in [-0.1, -0.05) is 0 Å². The molecule has 1 atom stereocenters. The van der Waals surface area contributed by atoms with Crippen LogP contribution >= 0.6 is 0 Å². The summed E-state index contributed by atoms with van der Waals surface area (Å²) in [7, 11) is 0. The Morgan fingerprint density at radius 2 is 1.96 bits per heavy atom. The predicted molar refractivity (Wildman–Crippen MR) is 94.3 cm³/mol. The quantitative estimate of drug-likeness (QED) is 0.768. The van der Waals surface area contributed by atoms with Crippen LogP contribution in [-0.4, -0.2) is 40.5 Å². The van der Waals surface area contributed by atoms with E-state index >= 15 is 0 Å². The third-order valence-electron chi connectivity index (χ3n) is 4.72. The Kier molecular flexibility index (Phi) is 5.89. The second-order valence-corrected chi connectivity index (χ2v) is 7.06. The molecule has 0 bridgehead atoms. The molecule has 1 aromatic rings. The summed E-state index contributed by atoms with van der Waals surface area (Å²) in [5.41, 5.74) is 2.08. The number of carbonyl (C=O) groups is 2. The van der Waals surface area contributed by atoms with Gasteiger partial charge < -0.3 is 14.6 Å². The van der Waals surface area contributed by atoms with E-state index < -0.39 is 5.97 Å². The van der Waals surface area contributed by atoms with Crippen LogP contribution in [0.3, 0.4) is 0 Å². The monoisotopic (exact) mass is 345 g/mol. The molecule has 1 N–H and O–H groups in total. The van der Waals surface area contributed by atoms with E-state index in [0.717, 1.165) is 12.8 Å². The fourth-order valence-corrected chi connectivity index (χ4v) is 3.18. The van der Waals surface area contributed by atoms with Gasteiger partial charge in [-0.3, -0.25) is 4.79 Å². The molecule has 0 radical (unpaired) electrons. The first-order chi connectivity index (χ1) is 11.8. The summed E-state index contributed by atoms with van der Waals surface area (Å²) in [6.45, 7) is 9.55. The number of hydrogen-bond donors (Lipinski definition) is 1. The molecule has 0 unspecified atom stereocenters. The van der Waals surface area contributed by atoms with Gasteiger partial charge in [0.25, 0.3) is 5.91 Å². The van der Waals surface area contributed by atoms with E-state index in [1.807, 2.05) is 6.92 Å². The van der Waals surface area contributed by atoms with Crippen LogP contribution in [0.4, 0.5) is 0 Å². The molecule has 136 valence electrons. The zero-order chi connectivity index (χ0) is 18.7. The van der Waals surface area contributed by atoms with E-state index in [2.05, 4.69) is 11.1 Å². The molecule has 25 heavy (non-hydrogen) atoms. The molecule has 0 aromatic carbocycles. The fraction of sp³-hybridized carbons (Fsp3) is 0.632. The Morgan fingerprint density at radius 1 is 1.32 bits per heavy atom. The number of hydrogen-bond acceptors (Lipinski definition) is 4. The van der Waals surface area contributed by atoms with Gasteiger partial charge in [-0.2, -0.15) is 5.26 Å². The maximum atomic E-state index is 13.1. The second kappa shape index (κ2) is 7.73. The van der Waals surface area contributed by atoms with Gasteiger partial charge in [0, 0.05) is 18.3 Å². The topological polar surface area (TPSA) is 86.2 Å². The lowest BCUT2D eigenvalue weighted by atomic mass is 10.1. The average Bonchev–Trinajstić information content (AvgIpc) is 3.32. The molecule has 1 aromatic heterocycles. The van der Waals surface area contributed by atoms with Crippen LogP contribution in [0.2, 0.25) is 0 Å². The van der Waals surface area contributed by atoms with Crippen molar-refractivity contribution >= 4 is 11.9 Å². The van der Waals surface area contributed by atoms with E-state index in [4.69, 9.17) is 10.00 Å². The van der Waals surface area contributed by atoms with Crippen LogP contribution in [0, 0.1) is 31.1 Å². The van der Waals surface area contributed by atoms with Crippen molar-refractivity contribution in [3.63, 3.8) is 0 Å². The number of aromatic nitrogens is 1. The van der Waals surface area contributed by atoms with E-state index in [-0.39, 0.29) is 18.1 Å². The van der Waals surface area contributed by atoms with E-state index in [1.165, 1.54) is 0 Å². The van der Waals surface area contributed by atoms with E-state index in [9.17, 15) is 9.59 Å². The van der Waals surface area contributed by atoms with Crippen molar-refractivity contribution in [2.75, 3.05) is 6.54 Å². The normalized spacial score (nSPS) is 14.9. The highest BCUT2D eigenvalue weighted by Gasteiger charge is 2.36. The molecular formula is C19H27N3O3. The molecule has 1 fully saturated rings. The number of amides is 1. The number of nitrogens with zero attached hydrogens (tertiary/aromatic N) is 2. The first kappa shape index (κ1) is 19.0. The molecule has 0 aliphatic heterocycles. The molecule has 1 saturated carbocycles. The number of aryl methyl sites for hydroxylation is 1. The van der Waals surface area contributed by atoms with Gasteiger partial charge in [-0.25, -0.2) is 4.79 Å². The lowest BCUT2D eigenvalue weighted by molar-refractivity contribution is 0.0376. The van der Waals surface area contributed by atoms with Gasteiger partial charge in [0.05, 0.1) is 24.2 Å². The van der Waals surface area contributed by atoms with Gasteiger partial charge in [0.2, 0.25) is 0 Å². The van der Waals surface area contributed by atoms with Crippen molar-refractivity contribution in [3.05, 3.63) is 22.5 Å². The Bertz CT molecular complexity index is 696. The van der Waals surface area contributed by atoms with Gasteiger partial charge in [0.1, 0.15) is 5.69 Å². The third-order valence-corrected chi connectivity index (χ3v) is 4.72. The molecule has 1 amide bonds. The van der Waals surface area contributed by atoms with Crippen molar-refractivity contribution in [1.82, 2.24) is 9.88 Å². The largest absolute Gasteiger partial charge is 0.459 e. The smallest absolute Gasteiger partial charge is 0.340 e. The minimum atomic E-state index is -0.417. The highest BCUT2D eigenvalue weighted by molar-refractivity contribution is 6.00. The number of carbonyl (C=O) groups excluding carboxylic acids is 2. The lowest BCUT2D eigenvalue weighted by Gasteiger charge is -2.28. The summed E-state index contributed by atoms with van der Waals surface area (Å²) >= 11 is 0. The molecule has 1 aliphatic carbocycles. The van der Waals surface area contributed by atoms with Gasteiger partial charge >= 0.3 is 5.97 Å². The van der Waals surface area contributed by atoms with Gasteiger partial charge in [-0.05, 0) is 58.9 Å². The van der Waals surface area contributed by atoms with Crippen LogP contribution in [0.25, 0.3) is 0 Å².